The van der Waals surface area contributed by atoms with Crippen LogP contribution >= 0.6 is 15.9 Å². The summed E-state index contributed by atoms with van der Waals surface area (Å²) in [6.45, 7) is 0.693. The van der Waals surface area contributed by atoms with E-state index in [0.717, 1.165) is 34.2 Å². The van der Waals surface area contributed by atoms with Crippen LogP contribution in [0.1, 0.15) is 36.4 Å². The van der Waals surface area contributed by atoms with E-state index < -0.39 is 0 Å². The summed E-state index contributed by atoms with van der Waals surface area (Å²) in [5, 5.41) is 3.08. The summed E-state index contributed by atoms with van der Waals surface area (Å²) in [5.74, 6) is 0.422. The lowest BCUT2D eigenvalue weighted by Crippen LogP contribution is -2.36. The number of amides is 1. The molecule has 27 heavy (non-hydrogen) atoms. The molecule has 1 amide bonds. The first-order chi connectivity index (χ1) is 13.1. The smallest absolute Gasteiger partial charge is 0.220 e. The van der Waals surface area contributed by atoms with Crippen LogP contribution in [-0.2, 0) is 16.0 Å². The molecule has 1 heterocycles. The Bertz CT molecular complexity index is 775. The molecular formula is C21H23BrFNO3. The third-order valence-corrected chi connectivity index (χ3v) is 5.36. The molecule has 2 aromatic carbocycles. The van der Waals surface area contributed by atoms with Gasteiger partial charge >= 0.3 is 0 Å². The zero-order valence-electron chi connectivity index (χ0n) is 15.2. The molecule has 0 unspecified atom stereocenters. The molecule has 3 rings (SSSR count). The fraction of sp³-hybridized carbons (Fsp3) is 0.381. The number of nitrogens with one attached hydrogen (secondary N) is 1. The maximum absolute atomic E-state index is 13.3. The van der Waals surface area contributed by atoms with E-state index in [-0.39, 0.29) is 23.9 Å². The van der Waals surface area contributed by atoms with Gasteiger partial charge in [-0.2, -0.15) is 0 Å². The van der Waals surface area contributed by atoms with Crippen molar-refractivity contribution >= 4 is 21.8 Å². The average Bonchev–Trinajstić information content (AvgIpc) is 3.20. The molecule has 0 bridgehead atoms. The summed E-state index contributed by atoms with van der Waals surface area (Å²) in [7, 11) is 1.62. The Hall–Kier alpha value is -1.92. The van der Waals surface area contributed by atoms with Gasteiger partial charge in [0.15, 0.2) is 0 Å². The Balaban J connectivity index is 1.63. The number of benzene rings is 2. The zero-order valence-corrected chi connectivity index (χ0v) is 16.8. The monoisotopic (exact) mass is 435 g/mol. The van der Waals surface area contributed by atoms with Gasteiger partial charge in [-0.25, -0.2) is 4.39 Å². The van der Waals surface area contributed by atoms with Crippen molar-refractivity contribution in [2.45, 2.75) is 37.8 Å². The Morgan fingerprint density at radius 3 is 2.74 bits per heavy atom. The minimum atomic E-state index is -0.291. The Morgan fingerprint density at radius 2 is 2.11 bits per heavy atom. The number of hydrogen-bond acceptors (Lipinski definition) is 3. The zero-order chi connectivity index (χ0) is 19.2. The molecule has 0 aliphatic carbocycles. The van der Waals surface area contributed by atoms with Crippen LogP contribution in [-0.4, -0.2) is 25.7 Å². The molecule has 0 aromatic heterocycles. The van der Waals surface area contributed by atoms with Gasteiger partial charge in [-0.15, -0.1) is 0 Å². The predicted octanol–water partition coefficient (Wildman–Crippen LogP) is 4.57. The van der Waals surface area contributed by atoms with Crippen molar-refractivity contribution in [3.05, 3.63) is 63.9 Å². The van der Waals surface area contributed by atoms with Crippen molar-refractivity contribution in [3.8, 4) is 5.75 Å². The van der Waals surface area contributed by atoms with Gasteiger partial charge in [0.1, 0.15) is 11.6 Å². The van der Waals surface area contributed by atoms with E-state index in [1.165, 1.54) is 12.1 Å². The van der Waals surface area contributed by atoms with Gasteiger partial charge in [-0.3, -0.25) is 4.79 Å². The first-order valence-electron chi connectivity index (χ1n) is 9.05. The fourth-order valence-electron chi connectivity index (χ4n) is 3.30. The first-order valence-corrected chi connectivity index (χ1v) is 9.85. The molecule has 2 atom stereocenters. The van der Waals surface area contributed by atoms with Crippen molar-refractivity contribution in [1.29, 1.82) is 0 Å². The molecule has 0 spiro atoms. The lowest BCUT2D eigenvalue weighted by Gasteiger charge is -2.25. The van der Waals surface area contributed by atoms with Crippen molar-refractivity contribution < 1.29 is 18.7 Å². The van der Waals surface area contributed by atoms with Crippen molar-refractivity contribution in [2.75, 3.05) is 13.7 Å². The molecule has 1 saturated heterocycles. The van der Waals surface area contributed by atoms with Crippen LogP contribution in [0.3, 0.4) is 0 Å². The van der Waals surface area contributed by atoms with Crippen molar-refractivity contribution in [3.63, 3.8) is 0 Å². The van der Waals surface area contributed by atoms with Gasteiger partial charge in [0, 0.05) is 13.0 Å². The Kier molecular flexibility index (Phi) is 6.85. The standard InChI is InChI=1S/C21H23BrFNO3/c1-26-18-10-4-14(13-17(18)22)5-11-20(25)24-21(19-3-2-12-27-19)15-6-8-16(23)9-7-15/h4,6-10,13,19,21H,2-3,5,11-12H2,1H3,(H,24,25)/t19-,21-/m1/s1. The highest BCUT2D eigenvalue weighted by atomic mass is 79.9. The van der Waals surface area contributed by atoms with Crippen molar-refractivity contribution in [1.82, 2.24) is 5.32 Å². The minimum Gasteiger partial charge on any atom is -0.496 e. The van der Waals surface area contributed by atoms with Gasteiger partial charge in [-0.05, 0) is 70.6 Å². The maximum Gasteiger partial charge on any atom is 0.220 e. The molecule has 2 aromatic rings. The molecule has 6 heteroatoms. The van der Waals surface area contributed by atoms with Crippen LogP contribution in [0.15, 0.2) is 46.9 Å². The normalized spacial score (nSPS) is 17.5. The third kappa shape index (κ3) is 5.30. The lowest BCUT2D eigenvalue weighted by molar-refractivity contribution is -0.122. The van der Waals surface area contributed by atoms with Crippen LogP contribution in [0.5, 0.6) is 5.75 Å². The molecule has 0 saturated carbocycles. The number of methoxy groups -OCH3 is 1. The summed E-state index contributed by atoms with van der Waals surface area (Å²) in [6, 6.07) is 11.8. The third-order valence-electron chi connectivity index (χ3n) is 4.74. The molecular weight excluding hydrogens is 413 g/mol. The highest BCUT2D eigenvalue weighted by Crippen LogP contribution is 2.28. The molecule has 1 fully saturated rings. The maximum atomic E-state index is 13.3. The summed E-state index contributed by atoms with van der Waals surface area (Å²) in [6.07, 6.45) is 2.76. The molecule has 0 radical (unpaired) electrons. The van der Waals surface area contributed by atoms with Crippen LogP contribution in [0.4, 0.5) is 4.39 Å². The number of aryl methyl sites for hydroxylation is 1. The van der Waals surface area contributed by atoms with E-state index in [1.807, 2.05) is 18.2 Å². The topological polar surface area (TPSA) is 47.6 Å². The molecule has 4 nitrogen and oxygen atoms in total. The van der Waals surface area contributed by atoms with Crippen LogP contribution < -0.4 is 10.1 Å². The number of rotatable bonds is 7. The first kappa shape index (κ1) is 19.8. The number of halogens is 2. The van der Waals surface area contributed by atoms with Gasteiger partial charge in [0.2, 0.25) is 5.91 Å². The second-order valence-electron chi connectivity index (χ2n) is 6.62. The van der Waals surface area contributed by atoms with Gasteiger partial charge in [-0.1, -0.05) is 18.2 Å². The van der Waals surface area contributed by atoms with E-state index in [1.54, 1.807) is 19.2 Å². The second kappa shape index (κ2) is 9.33. The van der Waals surface area contributed by atoms with Crippen LogP contribution in [0.2, 0.25) is 0 Å². The van der Waals surface area contributed by atoms with Crippen molar-refractivity contribution in [2.24, 2.45) is 0 Å². The van der Waals surface area contributed by atoms with Crippen LogP contribution in [0.25, 0.3) is 0 Å². The highest BCUT2D eigenvalue weighted by molar-refractivity contribution is 9.10. The molecule has 1 aliphatic heterocycles. The largest absolute Gasteiger partial charge is 0.496 e. The minimum absolute atomic E-state index is 0.0493. The van der Waals surface area contributed by atoms with E-state index in [0.29, 0.717) is 19.4 Å². The van der Waals surface area contributed by atoms with E-state index >= 15 is 0 Å². The molecule has 1 N–H and O–H groups in total. The molecule has 1 aliphatic rings. The number of carbonyl (C=O) groups excluding carboxylic acids is 1. The van der Waals surface area contributed by atoms with Gasteiger partial charge in [0.05, 0.1) is 23.7 Å². The summed E-state index contributed by atoms with van der Waals surface area (Å²) in [5.41, 5.74) is 1.91. The average molecular weight is 436 g/mol. The number of hydrogen-bond donors (Lipinski definition) is 1. The summed E-state index contributed by atoms with van der Waals surface area (Å²) < 4.78 is 25.1. The number of carbonyl (C=O) groups is 1. The number of ether oxygens (including phenoxy) is 2. The van der Waals surface area contributed by atoms with E-state index in [9.17, 15) is 9.18 Å². The summed E-state index contributed by atoms with van der Waals surface area (Å²) in [4.78, 5) is 12.6. The van der Waals surface area contributed by atoms with Crippen LogP contribution in [0, 0.1) is 5.82 Å². The SMILES string of the molecule is COc1ccc(CCC(=O)N[C@H](c2ccc(F)cc2)[C@H]2CCCO2)cc1Br. The summed E-state index contributed by atoms with van der Waals surface area (Å²) >= 11 is 3.46. The van der Waals surface area contributed by atoms with E-state index in [4.69, 9.17) is 9.47 Å². The lowest BCUT2D eigenvalue weighted by atomic mass is 9.98. The predicted molar refractivity (Wildman–Crippen MR) is 105 cm³/mol. The highest BCUT2D eigenvalue weighted by Gasteiger charge is 2.28. The second-order valence-corrected chi connectivity index (χ2v) is 7.47. The molecule has 144 valence electrons. The quantitative estimate of drug-likeness (QED) is 0.692. The van der Waals surface area contributed by atoms with Gasteiger partial charge in [0.25, 0.3) is 0 Å². The Labute approximate surface area is 167 Å². The Morgan fingerprint density at radius 1 is 1.33 bits per heavy atom. The van der Waals surface area contributed by atoms with E-state index in [2.05, 4.69) is 21.2 Å². The van der Waals surface area contributed by atoms with Gasteiger partial charge < -0.3 is 14.8 Å². The fourth-order valence-corrected chi connectivity index (χ4v) is 3.88.